The first-order valence-corrected chi connectivity index (χ1v) is 6.17. The molecule has 0 aliphatic heterocycles. The molecule has 0 fully saturated rings. The standard InChI is InChI=1S/C14H19FO2/c1-2-3-4-5-6-7-14(17)12-9-8-11(16)10-13(12)15/h8-10,16H,2-7H2,1H3. The van der Waals surface area contributed by atoms with Gasteiger partial charge in [0.2, 0.25) is 0 Å². The van der Waals surface area contributed by atoms with E-state index in [9.17, 15) is 9.18 Å². The Morgan fingerprint density at radius 2 is 1.94 bits per heavy atom. The number of ketones is 1. The lowest BCUT2D eigenvalue weighted by Gasteiger charge is -2.03. The quantitative estimate of drug-likeness (QED) is 0.574. The van der Waals surface area contributed by atoms with Crippen molar-refractivity contribution in [1.82, 2.24) is 0 Å². The van der Waals surface area contributed by atoms with Crippen LogP contribution in [0.1, 0.15) is 55.8 Å². The number of phenolic OH excluding ortho intramolecular Hbond substituents is 1. The molecule has 2 nitrogen and oxygen atoms in total. The number of rotatable bonds is 7. The van der Waals surface area contributed by atoms with Crippen LogP contribution in [0.2, 0.25) is 0 Å². The van der Waals surface area contributed by atoms with Gasteiger partial charge in [-0.05, 0) is 18.6 Å². The van der Waals surface area contributed by atoms with Crippen LogP contribution in [0, 0.1) is 5.82 Å². The molecule has 0 unspecified atom stereocenters. The summed E-state index contributed by atoms with van der Waals surface area (Å²) in [4.78, 5) is 11.7. The molecule has 0 amide bonds. The molecule has 0 atom stereocenters. The average molecular weight is 238 g/mol. The van der Waals surface area contributed by atoms with Gasteiger partial charge >= 0.3 is 0 Å². The van der Waals surface area contributed by atoms with Crippen LogP contribution < -0.4 is 0 Å². The van der Waals surface area contributed by atoms with Gasteiger partial charge in [-0.2, -0.15) is 0 Å². The largest absolute Gasteiger partial charge is 0.508 e. The summed E-state index contributed by atoms with van der Waals surface area (Å²) in [6, 6.07) is 3.66. The van der Waals surface area contributed by atoms with Gasteiger partial charge in [0.05, 0.1) is 5.56 Å². The van der Waals surface area contributed by atoms with Gasteiger partial charge in [-0.1, -0.05) is 32.6 Å². The molecule has 0 heterocycles. The molecule has 1 aromatic carbocycles. The summed E-state index contributed by atoms with van der Waals surface area (Å²) in [6.07, 6.45) is 5.67. The van der Waals surface area contributed by atoms with Crippen molar-refractivity contribution in [2.75, 3.05) is 0 Å². The lowest BCUT2D eigenvalue weighted by molar-refractivity contribution is 0.0975. The van der Waals surface area contributed by atoms with Crippen molar-refractivity contribution in [1.29, 1.82) is 0 Å². The first-order valence-electron chi connectivity index (χ1n) is 6.17. The fraction of sp³-hybridized carbons (Fsp3) is 0.500. The second-order valence-electron chi connectivity index (χ2n) is 4.25. The molecule has 1 rings (SSSR count). The molecule has 0 aromatic heterocycles. The highest BCUT2D eigenvalue weighted by Gasteiger charge is 2.11. The molecule has 0 saturated carbocycles. The van der Waals surface area contributed by atoms with Gasteiger partial charge < -0.3 is 5.11 Å². The summed E-state index contributed by atoms with van der Waals surface area (Å²) in [7, 11) is 0. The minimum absolute atomic E-state index is 0.0818. The summed E-state index contributed by atoms with van der Waals surface area (Å²) >= 11 is 0. The number of carbonyl (C=O) groups is 1. The summed E-state index contributed by atoms with van der Waals surface area (Å²) in [5.41, 5.74) is 0.0818. The minimum atomic E-state index is -0.636. The fourth-order valence-corrected chi connectivity index (χ4v) is 1.75. The molecule has 0 spiro atoms. The van der Waals surface area contributed by atoms with Crippen LogP contribution in [0.5, 0.6) is 5.75 Å². The normalized spacial score (nSPS) is 10.5. The number of benzene rings is 1. The Bertz CT molecular complexity index is 374. The lowest BCUT2D eigenvalue weighted by Crippen LogP contribution is -2.02. The van der Waals surface area contributed by atoms with Crippen molar-refractivity contribution >= 4 is 5.78 Å². The van der Waals surface area contributed by atoms with Gasteiger partial charge in [0, 0.05) is 12.5 Å². The lowest BCUT2D eigenvalue weighted by atomic mass is 10.0. The zero-order valence-corrected chi connectivity index (χ0v) is 10.2. The molecular formula is C14H19FO2. The first-order chi connectivity index (χ1) is 8.15. The van der Waals surface area contributed by atoms with Gasteiger partial charge in [0.1, 0.15) is 11.6 Å². The molecule has 0 saturated heterocycles. The molecule has 0 aliphatic carbocycles. The number of phenols is 1. The molecule has 0 radical (unpaired) electrons. The molecular weight excluding hydrogens is 219 g/mol. The number of hydrogen-bond acceptors (Lipinski definition) is 2. The van der Waals surface area contributed by atoms with Crippen molar-refractivity contribution in [3.05, 3.63) is 29.6 Å². The summed E-state index contributed by atoms with van der Waals surface area (Å²) in [5.74, 6) is -0.968. The molecule has 17 heavy (non-hydrogen) atoms. The van der Waals surface area contributed by atoms with Crippen molar-refractivity contribution in [2.24, 2.45) is 0 Å². The Balaban J connectivity index is 2.42. The third-order valence-electron chi connectivity index (χ3n) is 2.76. The van der Waals surface area contributed by atoms with E-state index >= 15 is 0 Å². The van der Waals surface area contributed by atoms with E-state index in [4.69, 9.17) is 5.11 Å². The summed E-state index contributed by atoms with van der Waals surface area (Å²) in [5, 5.41) is 9.04. The van der Waals surface area contributed by atoms with Crippen molar-refractivity contribution in [3.63, 3.8) is 0 Å². The molecule has 0 aliphatic rings. The van der Waals surface area contributed by atoms with Gasteiger partial charge in [-0.25, -0.2) is 4.39 Å². The minimum Gasteiger partial charge on any atom is -0.508 e. The Labute approximate surface area is 101 Å². The van der Waals surface area contributed by atoms with Crippen molar-refractivity contribution in [2.45, 2.75) is 45.4 Å². The zero-order chi connectivity index (χ0) is 12.7. The monoisotopic (exact) mass is 238 g/mol. The topological polar surface area (TPSA) is 37.3 Å². The third kappa shape index (κ3) is 4.55. The van der Waals surface area contributed by atoms with Crippen LogP contribution in [-0.4, -0.2) is 10.9 Å². The SMILES string of the molecule is CCCCCCCC(=O)c1ccc(O)cc1F. The maximum Gasteiger partial charge on any atom is 0.165 e. The Morgan fingerprint density at radius 3 is 2.59 bits per heavy atom. The van der Waals surface area contributed by atoms with Crippen LogP contribution in [-0.2, 0) is 0 Å². The van der Waals surface area contributed by atoms with Gasteiger partial charge in [0.15, 0.2) is 5.78 Å². The van der Waals surface area contributed by atoms with Crippen LogP contribution in [0.25, 0.3) is 0 Å². The van der Waals surface area contributed by atoms with Crippen LogP contribution >= 0.6 is 0 Å². The number of carbonyl (C=O) groups excluding carboxylic acids is 1. The second kappa shape index (κ2) is 7.05. The Hall–Kier alpha value is -1.38. The maximum atomic E-state index is 13.3. The van der Waals surface area contributed by atoms with E-state index in [2.05, 4.69) is 6.92 Å². The van der Waals surface area contributed by atoms with E-state index < -0.39 is 5.82 Å². The van der Waals surface area contributed by atoms with Crippen molar-refractivity contribution < 1.29 is 14.3 Å². The van der Waals surface area contributed by atoms with E-state index in [-0.39, 0.29) is 17.1 Å². The van der Waals surface area contributed by atoms with Crippen molar-refractivity contribution in [3.8, 4) is 5.75 Å². The highest BCUT2D eigenvalue weighted by molar-refractivity contribution is 5.96. The molecule has 94 valence electrons. The number of halogens is 1. The van der Waals surface area contributed by atoms with Gasteiger partial charge in [-0.3, -0.25) is 4.79 Å². The zero-order valence-electron chi connectivity index (χ0n) is 10.2. The number of aromatic hydroxyl groups is 1. The van der Waals surface area contributed by atoms with Crippen LogP contribution in [0.15, 0.2) is 18.2 Å². The second-order valence-corrected chi connectivity index (χ2v) is 4.25. The highest BCUT2D eigenvalue weighted by Crippen LogP contribution is 2.17. The van der Waals surface area contributed by atoms with E-state index in [0.29, 0.717) is 6.42 Å². The van der Waals surface area contributed by atoms with Crippen LogP contribution in [0.3, 0.4) is 0 Å². The smallest absolute Gasteiger partial charge is 0.165 e. The predicted molar refractivity (Wildman–Crippen MR) is 65.8 cm³/mol. The Morgan fingerprint density at radius 1 is 1.24 bits per heavy atom. The number of Topliss-reactive ketones (excluding diaryl/α,β-unsaturated/α-hetero) is 1. The predicted octanol–water partition coefficient (Wildman–Crippen LogP) is 4.07. The highest BCUT2D eigenvalue weighted by atomic mass is 19.1. The van der Waals surface area contributed by atoms with Gasteiger partial charge in [-0.15, -0.1) is 0 Å². The van der Waals surface area contributed by atoms with E-state index in [0.717, 1.165) is 25.3 Å². The van der Waals surface area contributed by atoms with Gasteiger partial charge in [0.25, 0.3) is 0 Å². The number of unbranched alkanes of at least 4 members (excludes halogenated alkanes) is 4. The number of hydrogen-bond donors (Lipinski definition) is 1. The molecule has 1 N–H and O–H groups in total. The molecule has 1 aromatic rings. The molecule has 3 heteroatoms. The first kappa shape index (κ1) is 13.7. The van der Waals surface area contributed by atoms with E-state index in [1.54, 1.807) is 0 Å². The van der Waals surface area contributed by atoms with E-state index in [1.165, 1.54) is 25.0 Å². The third-order valence-corrected chi connectivity index (χ3v) is 2.76. The Kier molecular flexibility index (Phi) is 5.67. The summed E-state index contributed by atoms with van der Waals surface area (Å²) in [6.45, 7) is 2.14. The van der Waals surface area contributed by atoms with Crippen LogP contribution in [0.4, 0.5) is 4.39 Å². The molecule has 0 bridgehead atoms. The summed E-state index contributed by atoms with van der Waals surface area (Å²) < 4.78 is 13.3. The van der Waals surface area contributed by atoms with E-state index in [1.807, 2.05) is 0 Å². The maximum absolute atomic E-state index is 13.3. The average Bonchev–Trinajstić information content (AvgIpc) is 2.28. The fourth-order valence-electron chi connectivity index (χ4n) is 1.75.